The molecule has 1 heterocycles. The summed E-state index contributed by atoms with van der Waals surface area (Å²) in [5, 5.41) is 6.54. The average Bonchev–Trinajstić information content (AvgIpc) is 2.69. The summed E-state index contributed by atoms with van der Waals surface area (Å²) in [6.45, 7) is 5.42. The Morgan fingerprint density at radius 3 is 2.50 bits per heavy atom. The number of hydrogen-bond acceptors (Lipinski definition) is 4. The van der Waals surface area contributed by atoms with Gasteiger partial charge >= 0.3 is 0 Å². The summed E-state index contributed by atoms with van der Waals surface area (Å²) in [5.41, 5.74) is 3.83. The van der Waals surface area contributed by atoms with Gasteiger partial charge in [-0.05, 0) is 55.0 Å². The third-order valence-electron chi connectivity index (χ3n) is 4.37. The normalized spacial score (nSPS) is 14.0. The van der Waals surface area contributed by atoms with Crippen LogP contribution in [0.15, 0.2) is 48.5 Å². The number of nitrogens with one attached hydrogen (secondary N) is 2. The number of Topliss-reactive ketones (excluding diaryl/α,β-unsaturated/α-hetero) is 1. The SMILES string of the molecule is Cc1ccccc1NC(=S)NCC(=O)c1ccc(N2CCOCC2)cc1. The number of carbonyl (C=O) groups excluding carboxylic acids is 1. The molecule has 0 aromatic heterocycles. The minimum Gasteiger partial charge on any atom is -0.378 e. The van der Waals surface area contributed by atoms with Crippen molar-refractivity contribution in [2.75, 3.05) is 43.1 Å². The maximum atomic E-state index is 12.4. The van der Waals surface area contributed by atoms with Gasteiger partial charge in [0.05, 0.1) is 19.8 Å². The zero-order valence-corrected chi connectivity index (χ0v) is 15.6. The lowest BCUT2D eigenvalue weighted by atomic mass is 10.1. The Bertz CT molecular complexity index is 771. The van der Waals surface area contributed by atoms with Crippen molar-refractivity contribution in [2.45, 2.75) is 6.92 Å². The number of para-hydroxylation sites is 1. The molecule has 0 amide bonds. The molecule has 2 N–H and O–H groups in total. The number of nitrogens with zero attached hydrogens (tertiary/aromatic N) is 1. The van der Waals surface area contributed by atoms with Crippen molar-refractivity contribution in [2.24, 2.45) is 0 Å². The number of hydrogen-bond donors (Lipinski definition) is 2. The summed E-state index contributed by atoms with van der Waals surface area (Å²) >= 11 is 5.28. The van der Waals surface area contributed by atoms with E-state index >= 15 is 0 Å². The van der Waals surface area contributed by atoms with Gasteiger partial charge in [-0.1, -0.05) is 18.2 Å². The molecule has 1 aliphatic rings. The molecule has 136 valence electrons. The lowest BCUT2D eigenvalue weighted by Crippen LogP contribution is -2.36. The van der Waals surface area contributed by atoms with Gasteiger partial charge in [0.2, 0.25) is 0 Å². The number of carbonyl (C=O) groups is 1. The smallest absolute Gasteiger partial charge is 0.181 e. The van der Waals surface area contributed by atoms with Crippen LogP contribution >= 0.6 is 12.2 Å². The highest BCUT2D eigenvalue weighted by Crippen LogP contribution is 2.17. The highest BCUT2D eigenvalue weighted by Gasteiger charge is 2.12. The first-order valence-corrected chi connectivity index (χ1v) is 9.11. The summed E-state index contributed by atoms with van der Waals surface area (Å²) in [5.74, 6) is 0.00691. The van der Waals surface area contributed by atoms with E-state index in [9.17, 15) is 4.79 Å². The topological polar surface area (TPSA) is 53.6 Å². The third kappa shape index (κ3) is 4.80. The van der Waals surface area contributed by atoms with Crippen molar-refractivity contribution in [1.29, 1.82) is 0 Å². The van der Waals surface area contributed by atoms with Crippen LogP contribution in [0.4, 0.5) is 11.4 Å². The quantitative estimate of drug-likeness (QED) is 0.624. The second-order valence-corrected chi connectivity index (χ2v) is 6.60. The van der Waals surface area contributed by atoms with Gasteiger partial charge in [0.1, 0.15) is 0 Å². The Balaban J connectivity index is 1.51. The Hall–Kier alpha value is -2.44. The van der Waals surface area contributed by atoms with Crippen LogP contribution in [0, 0.1) is 6.92 Å². The predicted molar refractivity (Wildman–Crippen MR) is 109 cm³/mol. The van der Waals surface area contributed by atoms with Gasteiger partial charge in [-0.2, -0.15) is 0 Å². The molecular weight excluding hydrogens is 346 g/mol. The first kappa shape index (κ1) is 18.4. The minimum atomic E-state index is 0.00691. The molecule has 0 aliphatic carbocycles. The average molecular weight is 369 g/mol. The zero-order chi connectivity index (χ0) is 18.4. The molecule has 5 nitrogen and oxygen atoms in total. The predicted octanol–water partition coefficient (Wildman–Crippen LogP) is 3.00. The van der Waals surface area contributed by atoms with E-state index in [1.54, 1.807) is 0 Å². The molecule has 3 rings (SSSR count). The number of thiocarbonyl (C=S) groups is 1. The molecule has 0 bridgehead atoms. The Kier molecular flexibility index (Phi) is 6.20. The Labute approximate surface area is 159 Å². The van der Waals surface area contributed by atoms with Crippen LogP contribution in [0.1, 0.15) is 15.9 Å². The van der Waals surface area contributed by atoms with Crippen LogP contribution in [-0.4, -0.2) is 43.7 Å². The molecule has 0 saturated carbocycles. The number of benzene rings is 2. The molecule has 0 spiro atoms. The van der Waals surface area contributed by atoms with Gasteiger partial charge in [-0.3, -0.25) is 4.79 Å². The van der Waals surface area contributed by atoms with E-state index < -0.39 is 0 Å². The van der Waals surface area contributed by atoms with Crippen LogP contribution in [0.5, 0.6) is 0 Å². The molecule has 0 radical (unpaired) electrons. The standard InChI is InChI=1S/C20H23N3O2S/c1-15-4-2-3-5-18(15)22-20(26)21-14-19(24)16-6-8-17(9-7-16)23-10-12-25-13-11-23/h2-9H,10-14H2,1H3,(H2,21,22,26). The van der Waals surface area contributed by atoms with Crippen LogP contribution in [0.3, 0.4) is 0 Å². The van der Waals surface area contributed by atoms with Gasteiger partial charge in [0.15, 0.2) is 10.9 Å². The van der Waals surface area contributed by atoms with Crippen LogP contribution in [0.2, 0.25) is 0 Å². The number of ether oxygens (including phenoxy) is 1. The van der Waals surface area contributed by atoms with Gasteiger partial charge in [-0.15, -0.1) is 0 Å². The molecular formula is C20H23N3O2S. The number of morpholine rings is 1. The van der Waals surface area contributed by atoms with Gasteiger partial charge in [0.25, 0.3) is 0 Å². The van der Waals surface area contributed by atoms with Crippen molar-refractivity contribution in [3.63, 3.8) is 0 Å². The van der Waals surface area contributed by atoms with Crippen LogP contribution < -0.4 is 15.5 Å². The van der Waals surface area contributed by atoms with Crippen molar-refractivity contribution < 1.29 is 9.53 Å². The first-order chi connectivity index (χ1) is 12.6. The van der Waals surface area contributed by atoms with Crippen molar-refractivity contribution in [3.05, 3.63) is 59.7 Å². The molecule has 1 fully saturated rings. The van der Waals surface area contributed by atoms with E-state index in [1.165, 1.54) is 0 Å². The van der Waals surface area contributed by atoms with Crippen LogP contribution in [0.25, 0.3) is 0 Å². The molecule has 26 heavy (non-hydrogen) atoms. The van der Waals surface area contributed by atoms with Crippen LogP contribution in [-0.2, 0) is 4.74 Å². The summed E-state index contributed by atoms with van der Waals surface area (Å²) in [4.78, 5) is 14.6. The minimum absolute atomic E-state index is 0.00691. The van der Waals surface area contributed by atoms with E-state index in [-0.39, 0.29) is 12.3 Å². The summed E-state index contributed by atoms with van der Waals surface area (Å²) in [6.07, 6.45) is 0. The molecule has 0 unspecified atom stereocenters. The van der Waals surface area contributed by atoms with Gasteiger partial charge < -0.3 is 20.3 Å². The third-order valence-corrected chi connectivity index (χ3v) is 4.61. The molecule has 0 atom stereocenters. The Morgan fingerprint density at radius 2 is 1.81 bits per heavy atom. The molecule has 2 aromatic carbocycles. The zero-order valence-electron chi connectivity index (χ0n) is 14.8. The van der Waals surface area contributed by atoms with E-state index in [0.717, 1.165) is 43.2 Å². The lowest BCUT2D eigenvalue weighted by molar-refractivity contribution is 0.0996. The number of ketones is 1. The molecule has 6 heteroatoms. The van der Waals surface area contributed by atoms with Crippen molar-refractivity contribution in [3.8, 4) is 0 Å². The van der Waals surface area contributed by atoms with E-state index in [2.05, 4.69) is 15.5 Å². The fourth-order valence-corrected chi connectivity index (χ4v) is 3.00. The second-order valence-electron chi connectivity index (χ2n) is 6.19. The monoisotopic (exact) mass is 369 g/mol. The van der Waals surface area contributed by atoms with Crippen molar-refractivity contribution in [1.82, 2.24) is 5.32 Å². The van der Waals surface area contributed by atoms with E-state index in [1.807, 2.05) is 55.5 Å². The number of anilines is 2. The number of aryl methyl sites for hydroxylation is 1. The van der Waals surface area contributed by atoms with E-state index in [0.29, 0.717) is 10.7 Å². The number of rotatable bonds is 5. The first-order valence-electron chi connectivity index (χ1n) is 8.70. The largest absolute Gasteiger partial charge is 0.378 e. The molecule has 2 aromatic rings. The highest BCUT2D eigenvalue weighted by atomic mass is 32.1. The summed E-state index contributed by atoms with van der Waals surface area (Å²) in [7, 11) is 0. The second kappa shape index (κ2) is 8.78. The maximum Gasteiger partial charge on any atom is 0.181 e. The summed E-state index contributed by atoms with van der Waals surface area (Å²) < 4.78 is 5.37. The lowest BCUT2D eigenvalue weighted by Gasteiger charge is -2.28. The Morgan fingerprint density at radius 1 is 1.12 bits per heavy atom. The van der Waals surface area contributed by atoms with Gasteiger partial charge in [-0.25, -0.2) is 0 Å². The molecule has 1 saturated heterocycles. The molecule has 1 aliphatic heterocycles. The fraction of sp³-hybridized carbons (Fsp3) is 0.300. The fourth-order valence-electron chi connectivity index (χ4n) is 2.82. The summed E-state index contributed by atoms with van der Waals surface area (Å²) in [6, 6.07) is 15.6. The maximum absolute atomic E-state index is 12.4. The highest BCUT2D eigenvalue weighted by molar-refractivity contribution is 7.80. The van der Waals surface area contributed by atoms with E-state index in [4.69, 9.17) is 17.0 Å². The van der Waals surface area contributed by atoms with Crippen molar-refractivity contribution >= 4 is 34.5 Å². The van der Waals surface area contributed by atoms with Gasteiger partial charge in [0, 0.05) is 30.0 Å².